The Balaban J connectivity index is 3.16. The van der Waals surface area contributed by atoms with Gasteiger partial charge >= 0.3 is 0 Å². The van der Waals surface area contributed by atoms with Crippen LogP contribution < -0.4 is 11.0 Å². The van der Waals surface area contributed by atoms with Gasteiger partial charge in [0.25, 0.3) is 5.56 Å². The maximum absolute atomic E-state index is 11.6. The van der Waals surface area contributed by atoms with Crippen molar-refractivity contribution >= 4 is 34.1 Å². The quantitative estimate of drug-likeness (QED) is 0.758. The maximum Gasteiger partial charge on any atom is 0.290 e. The number of hydrogen-bond donors (Lipinski definition) is 2. The number of nitrogens with one attached hydrogen (secondary N) is 1. The Morgan fingerprint density at radius 2 is 1.81 bits per heavy atom. The van der Waals surface area contributed by atoms with Crippen LogP contribution in [-0.2, 0) is 0 Å². The number of halogens is 2. The fourth-order valence-electron chi connectivity index (χ4n) is 1.37. The zero-order valence-electron chi connectivity index (χ0n) is 7.75. The largest absolute Gasteiger partial charge is 0.503 e. The minimum atomic E-state index is -0.773. The lowest BCUT2D eigenvalue weighted by atomic mass is 10.2. The van der Waals surface area contributed by atoms with E-state index in [1.165, 1.54) is 12.1 Å². The summed E-state index contributed by atoms with van der Waals surface area (Å²) < 4.78 is 0. The predicted octanol–water partition coefficient (Wildman–Crippen LogP) is 1.90. The van der Waals surface area contributed by atoms with E-state index in [-0.39, 0.29) is 15.9 Å². The van der Waals surface area contributed by atoms with Crippen LogP contribution in [0.5, 0.6) is 5.75 Å². The third kappa shape index (κ3) is 1.77. The molecular formula is C10H5Cl2NO3. The molecule has 0 bridgehead atoms. The van der Waals surface area contributed by atoms with Crippen LogP contribution in [0.3, 0.4) is 0 Å². The summed E-state index contributed by atoms with van der Waals surface area (Å²) in [7, 11) is 0. The number of aromatic hydroxyl groups is 1. The van der Waals surface area contributed by atoms with E-state index in [2.05, 4.69) is 4.98 Å². The van der Waals surface area contributed by atoms with Gasteiger partial charge in [0.05, 0.1) is 15.9 Å². The third-order valence-corrected chi connectivity index (χ3v) is 2.57. The first-order chi connectivity index (χ1) is 7.49. The van der Waals surface area contributed by atoms with E-state index >= 15 is 0 Å². The second kappa shape index (κ2) is 3.81. The summed E-state index contributed by atoms with van der Waals surface area (Å²) >= 11 is 11.6. The normalized spacial score (nSPS) is 10.6. The van der Waals surface area contributed by atoms with Gasteiger partial charge in [-0.25, -0.2) is 0 Å². The Hall–Kier alpha value is -1.52. The van der Waals surface area contributed by atoms with Gasteiger partial charge in [-0.15, -0.1) is 0 Å². The van der Waals surface area contributed by atoms with Crippen molar-refractivity contribution in [1.82, 2.24) is 4.98 Å². The molecule has 0 saturated heterocycles. The van der Waals surface area contributed by atoms with Crippen LogP contribution in [0, 0.1) is 0 Å². The second-order valence-electron chi connectivity index (χ2n) is 3.16. The first kappa shape index (κ1) is 11.0. The minimum absolute atomic E-state index is 0.114. The number of hydrogen-bond acceptors (Lipinski definition) is 3. The fraction of sp³-hybridized carbons (Fsp3) is 0. The van der Waals surface area contributed by atoms with E-state index in [1.54, 1.807) is 0 Å². The van der Waals surface area contributed by atoms with Gasteiger partial charge in [-0.3, -0.25) is 9.59 Å². The second-order valence-corrected chi connectivity index (χ2v) is 4.00. The lowest BCUT2D eigenvalue weighted by Gasteiger charge is -1.96. The van der Waals surface area contributed by atoms with E-state index in [1.807, 2.05) is 0 Å². The Bertz CT molecular complexity index is 694. The molecule has 0 amide bonds. The molecule has 0 spiro atoms. The standard InChI is InChI=1S/C10H5Cl2NO3/c11-4-1-5(12)9-6(2-4)13-10(16)8(15)3-7(9)14/h1-3,15H,(H,13,16). The van der Waals surface area contributed by atoms with Crippen LogP contribution in [0.2, 0.25) is 10.0 Å². The highest BCUT2D eigenvalue weighted by atomic mass is 35.5. The molecule has 0 unspecified atom stereocenters. The van der Waals surface area contributed by atoms with Gasteiger partial charge in [-0.05, 0) is 12.1 Å². The number of H-pyrrole nitrogens is 1. The van der Waals surface area contributed by atoms with E-state index < -0.39 is 16.7 Å². The summed E-state index contributed by atoms with van der Waals surface area (Å²) in [4.78, 5) is 25.3. The SMILES string of the molecule is O=c1[nH]c2cc(Cl)cc(Cl)c2c(=O)cc1O. The molecule has 0 aliphatic carbocycles. The molecule has 0 atom stereocenters. The number of rotatable bonds is 0. The monoisotopic (exact) mass is 257 g/mol. The average molecular weight is 258 g/mol. The smallest absolute Gasteiger partial charge is 0.290 e. The van der Waals surface area contributed by atoms with Crippen LogP contribution in [0.15, 0.2) is 27.8 Å². The molecule has 82 valence electrons. The molecule has 0 aliphatic heterocycles. The summed E-state index contributed by atoms with van der Waals surface area (Å²) in [5.74, 6) is -0.659. The third-order valence-electron chi connectivity index (χ3n) is 2.05. The Morgan fingerprint density at radius 3 is 2.50 bits per heavy atom. The first-order valence-electron chi connectivity index (χ1n) is 4.24. The van der Waals surface area contributed by atoms with E-state index in [0.717, 1.165) is 6.07 Å². The van der Waals surface area contributed by atoms with Crippen molar-refractivity contribution in [3.63, 3.8) is 0 Å². The zero-order valence-corrected chi connectivity index (χ0v) is 9.26. The summed E-state index contributed by atoms with van der Waals surface area (Å²) in [5.41, 5.74) is -1.13. The maximum atomic E-state index is 11.6. The molecule has 2 rings (SSSR count). The molecule has 0 fully saturated rings. The molecule has 2 N–H and O–H groups in total. The van der Waals surface area contributed by atoms with Gasteiger partial charge < -0.3 is 10.1 Å². The van der Waals surface area contributed by atoms with Gasteiger partial charge in [-0.1, -0.05) is 23.2 Å². The van der Waals surface area contributed by atoms with Gasteiger partial charge in [0.1, 0.15) is 0 Å². The molecular weight excluding hydrogens is 253 g/mol. The lowest BCUT2D eigenvalue weighted by molar-refractivity contribution is 0.468. The Kier molecular flexibility index (Phi) is 2.61. The first-order valence-corrected chi connectivity index (χ1v) is 5.00. The Morgan fingerprint density at radius 1 is 1.12 bits per heavy atom. The summed E-state index contributed by atoms with van der Waals surface area (Å²) in [6, 6.07) is 3.61. The van der Waals surface area contributed by atoms with Crippen LogP contribution in [0.4, 0.5) is 0 Å². The van der Waals surface area contributed by atoms with Crippen LogP contribution in [0.25, 0.3) is 10.9 Å². The minimum Gasteiger partial charge on any atom is -0.503 e. The topological polar surface area (TPSA) is 70.2 Å². The van der Waals surface area contributed by atoms with E-state index in [4.69, 9.17) is 23.2 Å². The lowest BCUT2D eigenvalue weighted by Crippen LogP contribution is -2.00. The molecule has 6 heteroatoms. The number of aromatic nitrogens is 1. The molecule has 0 aliphatic rings. The van der Waals surface area contributed by atoms with Crippen molar-refractivity contribution in [2.75, 3.05) is 0 Å². The van der Waals surface area contributed by atoms with Crippen LogP contribution >= 0.6 is 23.2 Å². The van der Waals surface area contributed by atoms with Gasteiger partial charge in [0.15, 0.2) is 11.2 Å². The van der Waals surface area contributed by atoms with Crippen molar-refractivity contribution in [3.05, 3.63) is 48.8 Å². The van der Waals surface area contributed by atoms with Crippen molar-refractivity contribution < 1.29 is 5.11 Å². The van der Waals surface area contributed by atoms with Crippen LogP contribution in [0.1, 0.15) is 0 Å². The molecule has 1 heterocycles. The highest BCUT2D eigenvalue weighted by Gasteiger charge is 2.07. The van der Waals surface area contributed by atoms with E-state index in [9.17, 15) is 14.7 Å². The Labute approximate surface area is 99.1 Å². The molecule has 0 radical (unpaired) electrons. The van der Waals surface area contributed by atoms with Gasteiger partial charge in [-0.2, -0.15) is 0 Å². The number of benzene rings is 1. The van der Waals surface area contributed by atoms with Crippen molar-refractivity contribution in [2.45, 2.75) is 0 Å². The van der Waals surface area contributed by atoms with Crippen molar-refractivity contribution in [2.24, 2.45) is 0 Å². The highest BCUT2D eigenvalue weighted by Crippen LogP contribution is 2.23. The average Bonchev–Trinajstić information content (AvgIpc) is 2.24. The molecule has 1 aromatic carbocycles. The molecule has 16 heavy (non-hydrogen) atoms. The summed E-state index contributed by atoms with van der Waals surface area (Å²) in [6.07, 6.45) is 0. The van der Waals surface area contributed by atoms with E-state index in [0.29, 0.717) is 5.02 Å². The summed E-state index contributed by atoms with van der Waals surface area (Å²) in [5, 5.41) is 9.74. The molecule has 1 aromatic heterocycles. The number of fused-ring (bicyclic) bond motifs is 1. The molecule has 4 nitrogen and oxygen atoms in total. The fourth-order valence-corrected chi connectivity index (χ4v) is 1.96. The number of aromatic amines is 1. The van der Waals surface area contributed by atoms with Gasteiger partial charge in [0.2, 0.25) is 0 Å². The predicted molar refractivity (Wildman–Crippen MR) is 62.5 cm³/mol. The van der Waals surface area contributed by atoms with Crippen molar-refractivity contribution in [1.29, 1.82) is 0 Å². The zero-order chi connectivity index (χ0) is 11.9. The van der Waals surface area contributed by atoms with Crippen LogP contribution in [-0.4, -0.2) is 10.1 Å². The van der Waals surface area contributed by atoms with Gasteiger partial charge in [0, 0.05) is 11.1 Å². The molecule has 0 saturated carbocycles. The highest BCUT2D eigenvalue weighted by molar-refractivity contribution is 6.38. The molecule has 2 aromatic rings. The van der Waals surface area contributed by atoms with Crippen molar-refractivity contribution in [3.8, 4) is 5.75 Å². The summed E-state index contributed by atoms with van der Waals surface area (Å²) in [6.45, 7) is 0.